The molecule has 3 heteroatoms. The molecule has 1 saturated carbocycles. The van der Waals surface area contributed by atoms with E-state index < -0.39 is 0 Å². The van der Waals surface area contributed by atoms with Gasteiger partial charge in [0.05, 0.1) is 30.4 Å². The molecule has 0 radical (unpaired) electrons. The molecule has 1 aliphatic carbocycles. The maximum Gasteiger partial charge on any atom is 0.0956 e. The average molecular weight is 268 g/mol. The van der Waals surface area contributed by atoms with Crippen molar-refractivity contribution in [3.63, 3.8) is 0 Å². The van der Waals surface area contributed by atoms with Gasteiger partial charge in [-0.15, -0.1) is 0 Å². The van der Waals surface area contributed by atoms with Crippen LogP contribution < -0.4 is 0 Å². The Morgan fingerprint density at radius 2 is 1.95 bits per heavy atom. The Hall–Kier alpha value is -1.61. The number of nitrogens with zero attached hydrogens (tertiary/aromatic N) is 2. The van der Waals surface area contributed by atoms with Crippen molar-refractivity contribution in [2.75, 3.05) is 0 Å². The Morgan fingerprint density at radius 3 is 2.90 bits per heavy atom. The molecule has 1 N–H and O–H groups in total. The molecule has 3 nitrogen and oxygen atoms in total. The highest BCUT2D eigenvalue weighted by atomic mass is 16.3. The van der Waals surface area contributed by atoms with Gasteiger partial charge in [0.25, 0.3) is 0 Å². The maximum atomic E-state index is 10.6. The highest BCUT2D eigenvalue weighted by Crippen LogP contribution is 2.46. The molecule has 2 heterocycles. The van der Waals surface area contributed by atoms with Crippen molar-refractivity contribution < 1.29 is 5.11 Å². The number of fused-ring (bicyclic) bond motifs is 3. The first-order chi connectivity index (χ1) is 9.86. The molecular formula is C17H20N2O. The van der Waals surface area contributed by atoms with Gasteiger partial charge in [0.2, 0.25) is 0 Å². The van der Waals surface area contributed by atoms with E-state index >= 15 is 0 Å². The number of aliphatic hydroxyl groups excluding tert-OH is 1. The van der Waals surface area contributed by atoms with Crippen molar-refractivity contribution in [2.24, 2.45) is 5.92 Å². The van der Waals surface area contributed by atoms with Crippen LogP contribution in [0.25, 0.3) is 11.3 Å². The highest BCUT2D eigenvalue weighted by Gasteiger charge is 2.37. The second-order valence-electron chi connectivity index (χ2n) is 6.09. The Morgan fingerprint density at radius 1 is 1.10 bits per heavy atom. The first kappa shape index (κ1) is 12.2. The largest absolute Gasteiger partial charge is 0.393 e. The Kier molecular flexibility index (Phi) is 2.88. The quantitative estimate of drug-likeness (QED) is 0.805. The molecule has 20 heavy (non-hydrogen) atoms. The number of benzene rings is 1. The van der Waals surface area contributed by atoms with E-state index in [0.29, 0.717) is 5.92 Å². The smallest absolute Gasteiger partial charge is 0.0956 e. The van der Waals surface area contributed by atoms with Crippen LogP contribution >= 0.6 is 0 Å². The lowest BCUT2D eigenvalue weighted by Crippen LogP contribution is -2.28. The van der Waals surface area contributed by atoms with Crippen molar-refractivity contribution >= 4 is 0 Å². The van der Waals surface area contributed by atoms with Gasteiger partial charge in [-0.1, -0.05) is 43.5 Å². The van der Waals surface area contributed by atoms with Crippen LogP contribution in [0.3, 0.4) is 0 Å². The minimum absolute atomic E-state index is 0.191. The zero-order valence-electron chi connectivity index (χ0n) is 11.6. The van der Waals surface area contributed by atoms with E-state index in [0.717, 1.165) is 19.3 Å². The van der Waals surface area contributed by atoms with Crippen molar-refractivity contribution in [2.45, 2.75) is 44.2 Å². The molecule has 1 aromatic carbocycles. The van der Waals surface area contributed by atoms with E-state index in [2.05, 4.69) is 33.8 Å². The van der Waals surface area contributed by atoms with Gasteiger partial charge in [-0.05, 0) is 18.4 Å². The van der Waals surface area contributed by atoms with E-state index in [9.17, 15) is 5.11 Å². The third-order valence-electron chi connectivity index (χ3n) is 4.96. The van der Waals surface area contributed by atoms with Gasteiger partial charge in [-0.25, -0.2) is 4.98 Å². The van der Waals surface area contributed by atoms with Gasteiger partial charge in [-0.2, -0.15) is 0 Å². The second kappa shape index (κ2) is 4.74. The first-order valence-electron chi connectivity index (χ1n) is 7.65. The molecule has 1 aromatic heterocycles. The monoisotopic (exact) mass is 268 g/mol. The topological polar surface area (TPSA) is 38.1 Å². The molecule has 0 amide bonds. The Labute approximate surface area is 119 Å². The summed E-state index contributed by atoms with van der Waals surface area (Å²) >= 11 is 0. The Bertz CT molecular complexity index is 619. The fourth-order valence-electron chi connectivity index (χ4n) is 3.99. The first-order valence-corrected chi connectivity index (χ1v) is 7.65. The van der Waals surface area contributed by atoms with Crippen LogP contribution in [0.15, 0.2) is 36.8 Å². The van der Waals surface area contributed by atoms with Crippen molar-refractivity contribution in [3.8, 4) is 11.3 Å². The summed E-state index contributed by atoms with van der Waals surface area (Å²) in [6, 6.07) is 8.84. The predicted octanol–water partition coefficient (Wildman–Crippen LogP) is 3.39. The van der Waals surface area contributed by atoms with Gasteiger partial charge in [0, 0.05) is 11.5 Å². The lowest BCUT2D eigenvalue weighted by atomic mass is 9.85. The van der Waals surface area contributed by atoms with Gasteiger partial charge in [0.15, 0.2) is 0 Å². The van der Waals surface area contributed by atoms with Crippen LogP contribution in [0.1, 0.15) is 43.7 Å². The highest BCUT2D eigenvalue weighted by molar-refractivity contribution is 5.69. The summed E-state index contributed by atoms with van der Waals surface area (Å²) in [6.07, 6.45) is 9.36. The van der Waals surface area contributed by atoms with E-state index in [1.165, 1.54) is 29.7 Å². The number of aromatic nitrogens is 2. The average Bonchev–Trinajstić information content (AvgIpc) is 2.97. The molecule has 3 atom stereocenters. The summed E-state index contributed by atoms with van der Waals surface area (Å²) in [4.78, 5) is 4.32. The standard InChI is InChI=1S/C17H20N2O/c20-16-9-3-1-2-8-14(16)17-13-7-5-4-6-12(13)15-10-18-11-19(15)17/h4-7,10-11,14,16-17,20H,1-3,8-9H2/t14-,16-,17?/m0/s1. The molecule has 2 aromatic rings. The van der Waals surface area contributed by atoms with Crippen LogP contribution in [0, 0.1) is 5.92 Å². The van der Waals surface area contributed by atoms with Crippen molar-refractivity contribution in [3.05, 3.63) is 42.4 Å². The summed E-state index contributed by atoms with van der Waals surface area (Å²) in [6.45, 7) is 0. The fraction of sp³-hybridized carbons (Fsp3) is 0.471. The lowest BCUT2D eigenvalue weighted by Gasteiger charge is -2.28. The van der Waals surface area contributed by atoms with Crippen LogP contribution in [0.4, 0.5) is 0 Å². The summed E-state index contributed by atoms with van der Waals surface area (Å²) in [5.74, 6) is 0.314. The molecule has 1 unspecified atom stereocenters. The van der Waals surface area contributed by atoms with Crippen molar-refractivity contribution in [1.82, 2.24) is 9.55 Å². The normalized spacial score (nSPS) is 28.8. The van der Waals surface area contributed by atoms with E-state index in [1.54, 1.807) is 0 Å². The third-order valence-corrected chi connectivity index (χ3v) is 4.96. The van der Waals surface area contributed by atoms with Gasteiger partial charge in [0.1, 0.15) is 0 Å². The van der Waals surface area contributed by atoms with E-state index in [4.69, 9.17) is 0 Å². The number of hydrogen-bond acceptors (Lipinski definition) is 2. The molecule has 0 saturated heterocycles. The lowest BCUT2D eigenvalue weighted by molar-refractivity contribution is 0.0802. The second-order valence-corrected chi connectivity index (χ2v) is 6.09. The SMILES string of the molecule is O[C@H]1CCCCC[C@@H]1C1c2ccccc2-c2cncn21. The molecular weight excluding hydrogens is 248 g/mol. The number of aliphatic hydroxyl groups is 1. The number of hydrogen-bond donors (Lipinski definition) is 1. The molecule has 1 fully saturated rings. The van der Waals surface area contributed by atoms with Gasteiger partial charge >= 0.3 is 0 Å². The van der Waals surface area contributed by atoms with Crippen LogP contribution in [-0.4, -0.2) is 20.8 Å². The third kappa shape index (κ3) is 1.73. The minimum Gasteiger partial charge on any atom is -0.393 e. The maximum absolute atomic E-state index is 10.6. The summed E-state index contributed by atoms with van der Waals surface area (Å²) < 4.78 is 2.27. The number of imidazole rings is 1. The molecule has 104 valence electrons. The summed E-state index contributed by atoms with van der Waals surface area (Å²) in [5.41, 5.74) is 3.84. The van der Waals surface area contributed by atoms with E-state index in [1.807, 2.05) is 12.5 Å². The molecule has 1 aliphatic heterocycles. The van der Waals surface area contributed by atoms with E-state index in [-0.39, 0.29) is 12.1 Å². The minimum atomic E-state index is -0.191. The molecule has 4 rings (SSSR count). The molecule has 0 spiro atoms. The van der Waals surface area contributed by atoms with Crippen LogP contribution in [0.5, 0.6) is 0 Å². The molecule has 0 bridgehead atoms. The predicted molar refractivity (Wildman–Crippen MR) is 78.4 cm³/mol. The van der Waals surface area contributed by atoms with Crippen LogP contribution in [0.2, 0.25) is 0 Å². The summed E-state index contributed by atoms with van der Waals surface area (Å²) in [7, 11) is 0. The number of rotatable bonds is 1. The fourth-order valence-corrected chi connectivity index (χ4v) is 3.99. The van der Waals surface area contributed by atoms with Crippen molar-refractivity contribution in [1.29, 1.82) is 0 Å². The zero-order chi connectivity index (χ0) is 13.5. The Balaban J connectivity index is 1.81. The van der Waals surface area contributed by atoms with Gasteiger partial charge < -0.3 is 9.67 Å². The molecule has 2 aliphatic rings. The zero-order valence-corrected chi connectivity index (χ0v) is 11.6. The summed E-state index contributed by atoms with van der Waals surface area (Å²) in [5, 5.41) is 10.6. The van der Waals surface area contributed by atoms with Crippen LogP contribution in [-0.2, 0) is 0 Å². The van der Waals surface area contributed by atoms with Gasteiger partial charge in [-0.3, -0.25) is 0 Å².